The largest absolute Gasteiger partial charge is 0.455 e. The van der Waals surface area contributed by atoms with Crippen LogP contribution in [0.2, 0.25) is 0 Å². The summed E-state index contributed by atoms with van der Waals surface area (Å²) in [5, 5.41) is 4.59. The first-order valence-corrected chi connectivity index (χ1v) is 21.0. The molecule has 0 N–H and O–H groups in total. The third-order valence-electron chi connectivity index (χ3n) is 12.7. The van der Waals surface area contributed by atoms with Crippen molar-refractivity contribution >= 4 is 49.8 Å². The topological polar surface area (TPSA) is 16.4 Å². The van der Waals surface area contributed by atoms with Gasteiger partial charge in [0, 0.05) is 27.7 Å². The number of fused-ring (bicyclic) bond motifs is 7. The molecule has 0 bridgehead atoms. The van der Waals surface area contributed by atoms with Crippen molar-refractivity contribution < 1.29 is 4.42 Å². The molecule has 1 aliphatic rings. The molecule has 10 aromatic carbocycles. The molecule has 1 aromatic heterocycles. The van der Waals surface area contributed by atoms with Crippen LogP contribution in [0.15, 0.2) is 241 Å². The van der Waals surface area contributed by atoms with Crippen LogP contribution in [0.5, 0.6) is 0 Å². The molecule has 0 fully saturated rings. The molecule has 0 spiro atoms. The van der Waals surface area contributed by atoms with Gasteiger partial charge in [-0.2, -0.15) is 0 Å². The smallest absolute Gasteiger partial charge is 0.145 e. The molecule has 0 aliphatic heterocycles. The number of rotatable bonds is 7. The van der Waals surface area contributed by atoms with Gasteiger partial charge in [-0.05, 0) is 109 Å². The Morgan fingerprint density at radius 1 is 0.361 bits per heavy atom. The van der Waals surface area contributed by atoms with Gasteiger partial charge in [-0.1, -0.05) is 188 Å². The Morgan fingerprint density at radius 2 is 0.951 bits per heavy atom. The summed E-state index contributed by atoms with van der Waals surface area (Å²) in [5.74, 6) is 0. The Morgan fingerprint density at radius 3 is 1.72 bits per heavy atom. The molecular weight excluding hydrogens is 739 g/mol. The van der Waals surface area contributed by atoms with Crippen molar-refractivity contribution in [3.05, 3.63) is 259 Å². The van der Waals surface area contributed by atoms with Crippen LogP contribution in [0.25, 0.3) is 66.1 Å². The van der Waals surface area contributed by atoms with Gasteiger partial charge in [0.1, 0.15) is 11.2 Å². The molecule has 61 heavy (non-hydrogen) atoms. The SMILES string of the molecule is c1ccc(-c2ccc(N(c3ccc4c(c3)C(c3ccccc3)(c3ccccc3)c3ccccc3-4)c3ccc4c(oc5ccccc54)c3-c3ccc4ccccc4c3)cc2)cc1. The highest BCUT2D eigenvalue weighted by Crippen LogP contribution is 2.58. The summed E-state index contributed by atoms with van der Waals surface area (Å²) in [7, 11) is 0. The maximum atomic E-state index is 6.93. The number of hydrogen-bond acceptors (Lipinski definition) is 2. The van der Waals surface area contributed by atoms with Gasteiger partial charge in [0.05, 0.1) is 11.1 Å². The van der Waals surface area contributed by atoms with E-state index in [-0.39, 0.29) is 0 Å². The minimum atomic E-state index is -0.544. The van der Waals surface area contributed by atoms with Crippen LogP contribution in [0.1, 0.15) is 22.3 Å². The first kappa shape index (κ1) is 35.0. The second-order valence-corrected chi connectivity index (χ2v) is 16.0. The molecule has 286 valence electrons. The molecule has 0 atom stereocenters. The third kappa shape index (κ3) is 5.50. The average Bonchev–Trinajstić information content (AvgIpc) is 3.86. The Labute approximate surface area is 355 Å². The Bertz CT molecular complexity index is 3360. The molecule has 1 heterocycles. The van der Waals surface area contributed by atoms with Crippen molar-refractivity contribution in [1.82, 2.24) is 0 Å². The van der Waals surface area contributed by atoms with E-state index in [0.29, 0.717) is 0 Å². The van der Waals surface area contributed by atoms with Crippen LogP contribution in [-0.2, 0) is 5.41 Å². The number of furan rings is 1. The van der Waals surface area contributed by atoms with Crippen molar-refractivity contribution in [2.75, 3.05) is 4.90 Å². The summed E-state index contributed by atoms with van der Waals surface area (Å²) in [5.41, 5.74) is 16.4. The van der Waals surface area contributed by atoms with E-state index < -0.39 is 5.41 Å². The van der Waals surface area contributed by atoms with Gasteiger partial charge in [0.25, 0.3) is 0 Å². The van der Waals surface area contributed by atoms with E-state index in [4.69, 9.17) is 4.42 Å². The quantitative estimate of drug-likeness (QED) is 0.160. The fourth-order valence-corrected chi connectivity index (χ4v) is 10.0. The monoisotopic (exact) mass is 777 g/mol. The first-order chi connectivity index (χ1) is 30.3. The number of anilines is 3. The van der Waals surface area contributed by atoms with E-state index >= 15 is 0 Å². The Hall–Kier alpha value is -7.94. The zero-order valence-electron chi connectivity index (χ0n) is 33.4. The molecule has 0 amide bonds. The summed E-state index contributed by atoms with van der Waals surface area (Å²) < 4.78 is 6.93. The third-order valence-corrected chi connectivity index (χ3v) is 12.7. The standard InChI is InChI=1S/C59H39NO/c1-4-16-40(17-5-1)42-30-32-47(33-31-42)60(55-37-36-52-51-25-13-15-27-56(51)61-58(52)57(55)44-29-28-41-18-10-11-19-43(41)38-44)48-34-35-50-49-24-12-14-26-53(49)59(54(50)39-48,45-20-6-2-7-21-45)46-22-8-3-9-23-46/h1-39H. The van der Waals surface area contributed by atoms with Crippen LogP contribution in [-0.4, -0.2) is 0 Å². The van der Waals surface area contributed by atoms with Crippen LogP contribution in [0.3, 0.4) is 0 Å². The first-order valence-electron chi connectivity index (χ1n) is 21.0. The minimum absolute atomic E-state index is 0.544. The number of hydrogen-bond donors (Lipinski definition) is 0. The second-order valence-electron chi connectivity index (χ2n) is 16.0. The molecule has 1 aliphatic carbocycles. The number of benzene rings is 10. The fraction of sp³-hybridized carbons (Fsp3) is 0.0169. The van der Waals surface area contributed by atoms with Gasteiger partial charge in [-0.3, -0.25) is 0 Å². The summed E-state index contributed by atoms with van der Waals surface area (Å²) in [6.45, 7) is 0. The zero-order valence-corrected chi connectivity index (χ0v) is 33.4. The molecular formula is C59H39NO. The summed E-state index contributed by atoms with van der Waals surface area (Å²) in [6, 6.07) is 86.1. The number of para-hydroxylation sites is 1. The van der Waals surface area contributed by atoms with Gasteiger partial charge in [0.2, 0.25) is 0 Å². The van der Waals surface area contributed by atoms with Gasteiger partial charge in [0.15, 0.2) is 0 Å². The van der Waals surface area contributed by atoms with Crippen LogP contribution in [0, 0.1) is 0 Å². The van der Waals surface area contributed by atoms with Gasteiger partial charge >= 0.3 is 0 Å². The molecule has 0 saturated heterocycles. The molecule has 0 unspecified atom stereocenters. The lowest BCUT2D eigenvalue weighted by molar-refractivity contribution is 0.670. The lowest BCUT2D eigenvalue weighted by Gasteiger charge is -2.35. The maximum absolute atomic E-state index is 6.93. The van der Waals surface area contributed by atoms with Gasteiger partial charge in [-0.15, -0.1) is 0 Å². The highest BCUT2D eigenvalue weighted by atomic mass is 16.3. The lowest BCUT2D eigenvalue weighted by atomic mass is 9.67. The van der Waals surface area contributed by atoms with Crippen LogP contribution < -0.4 is 4.90 Å². The molecule has 12 rings (SSSR count). The van der Waals surface area contributed by atoms with Crippen molar-refractivity contribution in [3.8, 4) is 33.4 Å². The highest BCUT2D eigenvalue weighted by molar-refractivity contribution is 6.14. The molecule has 2 nitrogen and oxygen atoms in total. The number of nitrogens with zero attached hydrogens (tertiary/aromatic N) is 1. The van der Waals surface area contributed by atoms with E-state index in [1.165, 1.54) is 55.3 Å². The summed E-state index contributed by atoms with van der Waals surface area (Å²) >= 11 is 0. The molecule has 2 heteroatoms. The van der Waals surface area contributed by atoms with Gasteiger partial charge < -0.3 is 9.32 Å². The summed E-state index contributed by atoms with van der Waals surface area (Å²) in [4.78, 5) is 2.44. The zero-order chi connectivity index (χ0) is 40.3. The van der Waals surface area contributed by atoms with Crippen molar-refractivity contribution in [3.63, 3.8) is 0 Å². The van der Waals surface area contributed by atoms with Crippen molar-refractivity contribution in [1.29, 1.82) is 0 Å². The van der Waals surface area contributed by atoms with E-state index in [2.05, 4.69) is 241 Å². The van der Waals surface area contributed by atoms with E-state index in [9.17, 15) is 0 Å². The Kier molecular flexibility index (Phi) is 8.11. The van der Waals surface area contributed by atoms with E-state index in [1.54, 1.807) is 0 Å². The normalized spacial score (nSPS) is 12.7. The minimum Gasteiger partial charge on any atom is -0.455 e. The van der Waals surface area contributed by atoms with Crippen molar-refractivity contribution in [2.45, 2.75) is 5.41 Å². The second kappa shape index (κ2) is 14.1. The fourth-order valence-electron chi connectivity index (χ4n) is 10.0. The predicted octanol–water partition coefficient (Wildman–Crippen LogP) is 15.9. The van der Waals surface area contributed by atoms with Crippen molar-refractivity contribution in [2.24, 2.45) is 0 Å². The highest BCUT2D eigenvalue weighted by Gasteiger charge is 2.46. The van der Waals surface area contributed by atoms with Gasteiger partial charge in [-0.25, -0.2) is 0 Å². The lowest BCUT2D eigenvalue weighted by Crippen LogP contribution is -2.28. The average molecular weight is 778 g/mol. The molecule has 11 aromatic rings. The van der Waals surface area contributed by atoms with Crippen LogP contribution >= 0.6 is 0 Å². The Balaban J connectivity index is 1.16. The predicted molar refractivity (Wildman–Crippen MR) is 254 cm³/mol. The van der Waals surface area contributed by atoms with Crippen LogP contribution in [0.4, 0.5) is 17.1 Å². The van der Waals surface area contributed by atoms with E-state index in [1.807, 2.05) is 0 Å². The summed E-state index contributed by atoms with van der Waals surface area (Å²) in [6.07, 6.45) is 0. The van der Waals surface area contributed by atoms with E-state index in [0.717, 1.165) is 50.1 Å². The maximum Gasteiger partial charge on any atom is 0.145 e. The molecule has 0 radical (unpaired) electrons. The molecule has 0 saturated carbocycles.